The standard InChI is InChI=1S/C16H23FO2/c1-3-5-7-12(4-2)10-15(16(18)19)13-8-6-9-14(17)11-13/h6,8-9,11-12,15H,3-5,7,10H2,1-2H3,(H,18,19). The average molecular weight is 266 g/mol. The topological polar surface area (TPSA) is 37.3 Å². The van der Waals surface area contributed by atoms with Crippen molar-refractivity contribution in [2.24, 2.45) is 5.92 Å². The Bertz CT molecular complexity index is 403. The van der Waals surface area contributed by atoms with Gasteiger partial charge in [-0.25, -0.2) is 4.39 Å². The molecule has 1 aromatic carbocycles. The molecule has 3 heteroatoms. The summed E-state index contributed by atoms with van der Waals surface area (Å²) in [5.74, 6) is -1.44. The lowest BCUT2D eigenvalue weighted by Crippen LogP contribution is -2.16. The van der Waals surface area contributed by atoms with Crippen molar-refractivity contribution in [3.05, 3.63) is 35.6 Å². The summed E-state index contributed by atoms with van der Waals surface area (Å²) in [4.78, 5) is 11.4. The van der Waals surface area contributed by atoms with Gasteiger partial charge in [-0.2, -0.15) is 0 Å². The lowest BCUT2D eigenvalue weighted by Gasteiger charge is -2.20. The van der Waals surface area contributed by atoms with Gasteiger partial charge in [0, 0.05) is 0 Å². The van der Waals surface area contributed by atoms with E-state index in [9.17, 15) is 14.3 Å². The van der Waals surface area contributed by atoms with E-state index in [0.29, 0.717) is 17.9 Å². The summed E-state index contributed by atoms with van der Waals surface area (Å²) in [5, 5.41) is 9.36. The molecule has 0 radical (unpaired) electrons. The molecular weight excluding hydrogens is 243 g/mol. The highest BCUT2D eigenvalue weighted by molar-refractivity contribution is 5.76. The van der Waals surface area contributed by atoms with E-state index in [1.54, 1.807) is 12.1 Å². The van der Waals surface area contributed by atoms with E-state index in [1.165, 1.54) is 12.1 Å². The van der Waals surface area contributed by atoms with Crippen LogP contribution in [0, 0.1) is 11.7 Å². The zero-order chi connectivity index (χ0) is 14.3. The average Bonchev–Trinajstić information content (AvgIpc) is 2.38. The van der Waals surface area contributed by atoms with Gasteiger partial charge in [-0.15, -0.1) is 0 Å². The number of carboxylic acids is 1. The van der Waals surface area contributed by atoms with Gasteiger partial charge in [0.25, 0.3) is 0 Å². The number of hydrogen-bond acceptors (Lipinski definition) is 1. The highest BCUT2D eigenvalue weighted by Gasteiger charge is 2.23. The molecule has 0 saturated carbocycles. The minimum atomic E-state index is -0.861. The van der Waals surface area contributed by atoms with Gasteiger partial charge < -0.3 is 5.11 Å². The van der Waals surface area contributed by atoms with Gasteiger partial charge in [0.1, 0.15) is 5.82 Å². The number of carbonyl (C=O) groups is 1. The van der Waals surface area contributed by atoms with E-state index in [4.69, 9.17) is 0 Å². The third-order valence-electron chi connectivity index (χ3n) is 3.66. The first-order chi connectivity index (χ1) is 9.08. The van der Waals surface area contributed by atoms with Crippen LogP contribution in [0.5, 0.6) is 0 Å². The summed E-state index contributed by atoms with van der Waals surface area (Å²) in [6.45, 7) is 4.22. The quantitative estimate of drug-likeness (QED) is 0.746. The van der Waals surface area contributed by atoms with E-state index in [2.05, 4.69) is 13.8 Å². The number of unbranched alkanes of at least 4 members (excludes halogenated alkanes) is 1. The Balaban J connectivity index is 2.80. The summed E-state index contributed by atoms with van der Waals surface area (Å²) in [6, 6.07) is 5.96. The minimum Gasteiger partial charge on any atom is -0.481 e. The highest BCUT2D eigenvalue weighted by Crippen LogP contribution is 2.29. The van der Waals surface area contributed by atoms with Crippen LogP contribution in [0.4, 0.5) is 4.39 Å². The van der Waals surface area contributed by atoms with Crippen LogP contribution in [-0.2, 0) is 4.79 Å². The first-order valence-electron chi connectivity index (χ1n) is 7.06. The van der Waals surface area contributed by atoms with Crippen molar-refractivity contribution in [3.8, 4) is 0 Å². The van der Waals surface area contributed by atoms with Crippen LogP contribution in [0.3, 0.4) is 0 Å². The van der Waals surface area contributed by atoms with Crippen LogP contribution in [0.2, 0.25) is 0 Å². The Morgan fingerprint density at radius 3 is 2.63 bits per heavy atom. The molecule has 0 aliphatic rings. The van der Waals surface area contributed by atoms with Crippen molar-refractivity contribution in [1.82, 2.24) is 0 Å². The lowest BCUT2D eigenvalue weighted by molar-refractivity contribution is -0.139. The number of halogens is 1. The molecule has 0 amide bonds. The van der Waals surface area contributed by atoms with E-state index >= 15 is 0 Å². The van der Waals surface area contributed by atoms with Gasteiger partial charge in [-0.1, -0.05) is 51.7 Å². The second-order valence-electron chi connectivity index (χ2n) is 5.10. The fourth-order valence-corrected chi connectivity index (χ4v) is 2.42. The molecule has 19 heavy (non-hydrogen) atoms. The van der Waals surface area contributed by atoms with Crippen molar-refractivity contribution < 1.29 is 14.3 Å². The molecule has 0 aromatic heterocycles. The number of rotatable bonds is 8. The normalized spacial score (nSPS) is 14.1. The van der Waals surface area contributed by atoms with Crippen molar-refractivity contribution >= 4 is 5.97 Å². The molecule has 0 fully saturated rings. The van der Waals surface area contributed by atoms with Gasteiger partial charge in [0.05, 0.1) is 5.92 Å². The monoisotopic (exact) mass is 266 g/mol. The van der Waals surface area contributed by atoms with Crippen LogP contribution in [0.25, 0.3) is 0 Å². The van der Waals surface area contributed by atoms with Gasteiger partial charge in [-0.3, -0.25) is 4.79 Å². The summed E-state index contributed by atoms with van der Waals surface area (Å²) >= 11 is 0. The lowest BCUT2D eigenvalue weighted by atomic mass is 9.85. The Morgan fingerprint density at radius 1 is 1.37 bits per heavy atom. The molecule has 0 bridgehead atoms. The fraction of sp³-hybridized carbons (Fsp3) is 0.562. The molecule has 0 saturated heterocycles. The third kappa shape index (κ3) is 5.01. The molecule has 0 heterocycles. The van der Waals surface area contributed by atoms with Crippen molar-refractivity contribution in [2.45, 2.75) is 51.9 Å². The van der Waals surface area contributed by atoms with Crippen LogP contribution < -0.4 is 0 Å². The van der Waals surface area contributed by atoms with Gasteiger partial charge in [0.15, 0.2) is 0 Å². The molecule has 1 aromatic rings. The molecule has 0 aliphatic heterocycles. The molecule has 0 spiro atoms. The Morgan fingerprint density at radius 2 is 2.11 bits per heavy atom. The summed E-state index contributed by atoms with van der Waals surface area (Å²) in [5.41, 5.74) is 0.572. The van der Waals surface area contributed by atoms with Crippen LogP contribution in [0.1, 0.15) is 57.4 Å². The predicted molar refractivity (Wildman–Crippen MR) is 74.7 cm³/mol. The Hall–Kier alpha value is -1.38. The molecule has 2 nitrogen and oxygen atoms in total. The number of aliphatic carboxylic acids is 1. The number of hydrogen-bond donors (Lipinski definition) is 1. The maximum Gasteiger partial charge on any atom is 0.310 e. The Kier molecular flexibility index (Phi) is 6.54. The van der Waals surface area contributed by atoms with Crippen LogP contribution in [-0.4, -0.2) is 11.1 Å². The van der Waals surface area contributed by atoms with Gasteiger partial charge in [-0.05, 0) is 30.0 Å². The molecular formula is C16H23FO2. The Labute approximate surface area is 114 Å². The van der Waals surface area contributed by atoms with E-state index < -0.39 is 11.9 Å². The van der Waals surface area contributed by atoms with Gasteiger partial charge in [0.2, 0.25) is 0 Å². The third-order valence-corrected chi connectivity index (χ3v) is 3.66. The van der Waals surface area contributed by atoms with E-state index in [1.807, 2.05) is 0 Å². The molecule has 106 valence electrons. The molecule has 2 unspecified atom stereocenters. The van der Waals surface area contributed by atoms with Crippen molar-refractivity contribution in [3.63, 3.8) is 0 Å². The second-order valence-corrected chi connectivity index (χ2v) is 5.10. The van der Waals surface area contributed by atoms with Gasteiger partial charge >= 0.3 is 5.97 Å². The predicted octanol–water partition coefficient (Wildman–Crippen LogP) is 4.60. The van der Waals surface area contributed by atoms with Crippen molar-refractivity contribution in [1.29, 1.82) is 0 Å². The zero-order valence-electron chi connectivity index (χ0n) is 11.7. The smallest absolute Gasteiger partial charge is 0.310 e. The molecule has 2 atom stereocenters. The maximum absolute atomic E-state index is 13.2. The minimum absolute atomic E-state index is 0.370. The molecule has 1 rings (SSSR count). The summed E-state index contributed by atoms with van der Waals surface area (Å²) in [7, 11) is 0. The fourth-order valence-electron chi connectivity index (χ4n) is 2.42. The van der Waals surface area contributed by atoms with E-state index in [-0.39, 0.29) is 5.82 Å². The maximum atomic E-state index is 13.2. The largest absolute Gasteiger partial charge is 0.481 e. The second kappa shape index (κ2) is 7.93. The highest BCUT2D eigenvalue weighted by atomic mass is 19.1. The van der Waals surface area contributed by atoms with Crippen LogP contribution >= 0.6 is 0 Å². The first kappa shape index (κ1) is 15.7. The molecule has 1 N–H and O–H groups in total. The summed E-state index contributed by atoms with van der Waals surface area (Å²) in [6.07, 6.45) is 4.85. The summed E-state index contributed by atoms with van der Waals surface area (Å²) < 4.78 is 13.2. The zero-order valence-corrected chi connectivity index (χ0v) is 11.7. The number of carboxylic acid groups (broad SMARTS) is 1. The number of benzene rings is 1. The first-order valence-corrected chi connectivity index (χ1v) is 7.06. The van der Waals surface area contributed by atoms with Crippen LogP contribution in [0.15, 0.2) is 24.3 Å². The van der Waals surface area contributed by atoms with Crippen molar-refractivity contribution in [2.75, 3.05) is 0 Å². The molecule has 0 aliphatic carbocycles. The van der Waals surface area contributed by atoms with E-state index in [0.717, 1.165) is 25.7 Å². The SMILES string of the molecule is CCCCC(CC)CC(C(=O)O)c1cccc(F)c1.